The van der Waals surface area contributed by atoms with Crippen molar-refractivity contribution in [3.05, 3.63) is 109 Å². The van der Waals surface area contributed by atoms with E-state index >= 15 is 0 Å². The van der Waals surface area contributed by atoms with Crippen LogP contribution >= 0.6 is 11.3 Å². The van der Waals surface area contributed by atoms with E-state index in [1.807, 2.05) is 11.3 Å². The van der Waals surface area contributed by atoms with Crippen LogP contribution in [0.5, 0.6) is 0 Å². The van der Waals surface area contributed by atoms with Gasteiger partial charge in [0.25, 0.3) is 0 Å². The fourth-order valence-electron chi connectivity index (χ4n) is 5.63. The molecule has 0 aliphatic heterocycles. The maximum Gasteiger partial charge on any atom is 0.0562 e. The van der Waals surface area contributed by atoms with Crippen LogP contribution in [0.4, 0.5) is 0 Å². The van der Waals surface area contributed by atoms with Gasteiger partial charge in [-0.05, 0) is 60.7 Å². The number of nitrogens with zero attached hydrogens (tertiary/aromatic N) is 2. The van der Waals surface area contributed by atoms with Crippen molar-refractivity contribution in [1.29, 1.82) is 0 Å². The number of rotatable bonds is 2. The maximum atomic E-state index is 2.45. The first-order chi connectivity index (χ1) is 16.4. The minimum atomic E-state index is 1.19. The Labute approximate surface area is 193 Å². The summed E-state index contributed by atoms with van der Waals surface area (Å²) in [6.45, 7) is 0. The molecule has 0 N–H and O–H groups in total. The molecule has 33 heavy (non-hydrogen) atoms. The van der Waals surface area contributed by atoms with Crippen molar-refractivity contribution in [2.75, 3.05) is 0 Å². The van der Waals surface area contributed by atoms with Gasteiger partial charge in [0, 0.05) is 42.3 Å². The van der Waals surface area contributed by atoms with E-state index in [1.54, 1.807) is 0 Å². The number of para-hydroxylation sites is 2. The normalized spacial score (nSPS) is 12.2. The molecule has 0 atom stereocenters. The Balaban J connectivity index is 1.76. The zero-order valence-corrected chi connectivity index (χ0v) is 18.5. The van der Waals surface area contributed by atoms with Gasteiger partial charge in [-0.25, -0.2) is 0 Å². The summed E-state index contributed by atoms with van der Waals surface area (Å²) in [6, 6.07) is 39.6. The van der Waals surface area contributed by atoms with Crippen LogP contribution in [0.3, 0.4) is 0 Å². The Bertz CT molecular complexity index is 1950. The van der Waals surface area contributed by atoms with Crippen LogP contribution in [0, 0.1) is 0 Å². The summed E-state index contributed by atoms with van der Waals surface area (Å²) in [4.78, 5) is 0. The van der Waals surface area contributed by atoms with Crippen molar-refractivity contribution in [1.82, 2.24) is 9.13 Å². The van der Waals surface area contributed by atoms with E-state index in [9.17, 15) is 0 Å². The first-order valence-electron chi connectivity index (χ1n) is 11.2. The molecule has 8 aromatic rings. The zero-order valence-electron chi connectivity index (χ0n) is 17.7. The molecular formula is C30H18N2S. The lowest BCUT2D eigenvalue weighted by molar-refractivity contribution is 1.16. The maximum absolute atomic E-state index is 2.45. The molecule has 0 aliphatic carbocycles. The molecule has 3 heteroatoms. The zero-order chi connectivity index (χ0) is 21.5. The van der Waals surface area contributed by atoms with Crippen LogP contribution in [0.15, 0.2) is 109 Å². The van der Waals surface area contributed by atoms with Crippen molar-refractivity contribution >= 4 is 64.3 Å². The number of hydrogen-bond acceptors (Lipinski definition) is 1. The van der Waals surface area contributed by atoms with E-state index in [2.05, 4.69) is 118 Å². The predicted molar refractivity (Wildman–Crippen MR) is 142 cm³/mol. The first-order valence-corrected chi connectivity index (χ1v) is 12.0. The molecule has 3 heterocycles. The minimum absolute atomic E-state index is 1.19. The van der Waals surface area contributed by atoms with Crippen LogP contribution in [-0.2, 0) is 0 Å². The van der Waals surface area contributed by atoms with Crippen LogP contribution in [0.25, 0.3) is 64.4 Å². The van der Waals surface area contributed by atoms with Crippen molar-refractivity contribution in [3.8, 4) is 11.4 Å². The predicted octanol–water partition coefficient (Wildman–Crippen LogP) is 8.53. The molecule has 0 bridgehead atoms. The van der Waals surface area contributed by atoms with Gasteiger partial charge in [-0.1, -0.05) is 48.5 Å². The highest BCUT2D eigenvalue weighted by molar-refractivity contribution is 7.26. The third-order valence-electron chi connectivity index (χ3n) is 6.88. The van der Waals surface area contributed by atoms with Gasteiger partial charge in [0.15, 0.2) is 0 Å². The molecule has 3 aromatic heterocycles. The SMILES string of the molecule is c1ccc(-n2c3cccc4sc5ccc6c(c5c43)c3c2cccc3n6-c2ccccc2)cc1. The number of thiophene rings is 1. The molecule has 0 radical (unpaired) electrons. The van der Waals surface area contributed by atoms with E-state index in [0.29, 0.717) is 0 Å². The number of aromatic nitrogens is 2. The topological polar surface area (TPSA) is 9.86 Å². The smallest absolute Gasteiger partial charge is 0.0562 e. The van der Waals surface area contributed by atoms with Gasteiger partial charge < -0.3 is 9.13 Å². The molecule has 8 rings (SSSR count). The molecule has 0 amide bonds. The first kappa shape index (κ1) is 17.5. The Morgan fingerprint density at radius 1 is 0.364 bits per heavy atom. The summed E-state index contributed by atoms with van der Waals surface area (Å²) in [5.74, 6) is 0. The Morgan fingerprint density at radius 2 is 0.879 bits per heavy atom. The molecule has 0 saturated heterocycles. The van der Waals surface area contributed by atoms with Gasteiger partial charge in [-0.3, -0.25) is 0 Å². The fourth-order valence-corrected chi connectivity index (χ4v) is 6.77. The Hall–Kier alpha value is -4.08. The number of benzene rings is 5. The summed E-state index contributed by atoms with van der Waals surface area (Å²) in [5, 5.41) is 5.42. The lowest BCUT2D eigenvalue weighted by atomic mass is 10.1. The van der Waals surface area contributed by atoms with Gasteiger partial charge >= 0.3 is 0 Å². The second kappa shape index (κ2) is 6.25. The van der Waals surface area contributed by atoms with Crippen molar-refractivity contribution < 1.29 is 0 Å². The van der Waals surface area contributed by atoms with E-state index < -0.39 is 0 Å². The standard InChI is InChI=1S/C30H18N2S/c1-3-9-19(10-4-1)31-21-13-7-14-22-27(21)29-24(32(22)20-11-5-2-6-12-20)17-18-26-30(29)28-23(31)15-8-16-25(28)33-26/h1-18H. The highest BCUT2D eigenvalue weighted by Crippen LogP contribution is 2.47. The second-order valence-electron chi connectivity index (χ2n) is 8.60. The van der Waals surface area contributed by atoms with E-state index in [4.69, 9.17) is 0 Å². The Kier molecular flexibility index (Phi) is 3.31. The van der Waals surface area contributed by atoms with E-state index in [-0.39, 0.29) is 0 Å². The van der Waals surface area contributed by atoms with Crippen LogP contribution in [0.2, 0.25) is 0 Å². The third kappa shape index (κ3) is 2.17. The minimum Gasteiger partial charge on any atom is -0.309 e. The molecule has 5 aromatic carbocycles. The lowest BCUT2D eigenvalue weighted by Crippen LogP contribution is -1.97. The monoisotopic (exact) mass is 438 g/mol. The van der Waals surface area contributed by atoms with Crippen LogP contribution in [-0.4, -0.2) is 9.13 Å². The summed E-state index contributed by atoms with van der Waals surface area (Å²) in [6.07, 6.45) is 0. The summed E-state index contributed by atoms with van der Waals surface area (Å²) >= 11 is 1.89. The lowest BCUT2D eigenvalue weighted by Gasteiger charge is -2.13. The average Bonchev–Trinajstić information content (AvgIpc) is 3.37. The quantitative estimate of drug-likeness (QED) is 0.256. The summed E-state index contributed by atoms with van der Waals surface area (Å²) in [7, 11) is 0. The fraction of sp³-hybridized carbons (Fsp3) is 0. The van der Waals surface area contributed by atoms with Gasteiger partial charge in [0.05, 0.1) is 22.1 Å². The van der Waals surface area contributed by atoms with Crippen molar-refractivity contribution in [3.63, 3.8) is 0 Å². The summed E-state index contributed by atoms with van der Waals surface area (Å²) < 4.78 is 7.56. The van der Waals surface area contributed by atoms with Crippen LogP contribution in [0.1, 0.15) is 0 Å². The number of hydrogen-bond donors (Lipinski definition) is 0. The van der Waals surface area contributed by atoms with Crippen LogP contribution < -0.4 is 0 Å². The molecular weight excluding hydrogens is 420 g/mol. The molecule has 0 unspecified atom stereocenters. The third-order valence-corrected chi connectivity index (χ3v) is 8.00. The van der Waals surface area contributed by atoms with Gasteiger partial charge in [0.1, 0.15) is 0 Å². The van der Waals surface area contributed by atoms with Crippen molar-refractivity contribution in [2.24, 2.45) is 0 Å². The average molecular weight is 439 g/mol. The molecule has 0 aliphatic rings. The summed E-state index contributed by atoms with van der Waals surface area (Å²) in [5.41, 5.74) is 7.38. The van der Waals surface area contributed by atoms with Gasteiger partial charge in [-0.15, -0.1) is 11.3 Å². The largest absolute Gasteiger partial charge is 0.309 e. The highest BCUT2D eigenvalue weighted by Gasteiger charge is 2.23. The van der Waals surface area contributed by atoms with Gasteiger partial charge in [-0.2, -0.15) is 0 Å². The van der Waals surface area contributed by atoms with E-state index in [0.717, 1.165) is 0 Å². The molecule has 2 nitrogen and oxygen atoms in total. The second-order valence-corrected chi connectivity index (χ2v) is 9.68. The molecule has 0 spiro atoms. The molecule has 0 saturated carbocycles. The van der Waals surface area contributed by atoms with E-state index in [1.165, 1.54) is 64.4 Å². The molecule has 154 valence electrons. The van der Waals surface area contributed by atoms with Crippen molar-refractivity contribution in [2.45, 2.75) is 0 Å². The Morgan fingerprint density at radius 3 is 1.52 bits per heavy atom. The highest BCUT2D eigenvalue weighted by atomic mass is 32.1. The van der Waals surface area contributed by atoms with Gasteiger partial charge in [0.2, 0.25) is 0 Å². The molecule has 0 fully saturated rings.